The van der Waals surface area contributed by atoms with Gasteiger partial charge in [-0.15, -0.1) is 0 Å². The first-order chi connectivity index (χ1) is 15.9. The van der Waals surface area contributed by atoms with Gasteiger partial charge in [-0.1, -0.05) is 56.3 Å². The molecule has 0 radical (unpaired) electrons. The normalized spacial score (nSPS) is 11.7. The summed E-state index contributed by atoms with van der Waals surface area (Å²) in [5.74, 6) is 2.56. The fraction of sp³-hybridized carbons (Fsp3) is 0.321. The second-order valence-corrected chi connectivity index (χ2v) is 8.34. The Kier molecular flexibility index (Phi) is 8.36. The number of hydrogen-bond acceptors (Lipinski definition) is 4. The Balaban J connectivity index is 1.82. The highest BCUT2D eigenvalue weighted by atomic mass is 16.5. The third kappa shape index (κ3) is 6.51. The molecule has 3 aromatic carbocycles. The first kappa shape index (κ1) is 24.2. The number of amides is 1. The van der Waals surface area contributed by atoms with E-state index in [0.717, 1.165) is 33.9 Å². The summed E-state index contributed by atoms with van der Waals surface area (Å²) in [5, 5.41) is 0. The number of carbonyl (C=O) groups is 1. The van der Waals surface area contributed by atoms with Gasteiger partial charge in [0, 0.05) is 13.1 Å². The number of para-hydroxylation sites is 1. The number of methoxy groups -OCH3 is 2. The Hall–Kier alpha value is -3.47. The topological polar surface area (TPSA) is 48.0 Å². The first-order valence-electron chi connectivity index (χ1n) is 11.2. The third-order valence-electron chi connectivity index (χ3n) is 5.57. The summed E-state index contributed by atoms with van der Waals surface area (Å²) < 4.78 is 16.7. The van der Waals surface area contributed by atoms with Crippen molar-refractivity contribution in [2.45, 2.75) is 45.9 Å². The van der Waals surface area contributed by atoms with Crippen LogP contribution >= 0.6 is 0 Å². The molecule has 0 spiro atoms. The average Bonchev–Trinajstić information content (AvgIpc) is 2.84. The Morgan fingerprint density at radius 1 is 0.758 bits per heavy atom. The summed E-state index contributed by atoms with van der Waals surface area (Å²) in [7, 11) is 3.28. The molecule has 0 aliphatic rings. The van der Waals surface area contributed by atoms with Gasteiger partial charge in [-0.05, 0) is 59.9 Å². The lowest BCUT2D eigenvalue weighted by atomic mass is 10.0. The van der Waals surface area contributed by atoms with Crippen LogP contribution in [0.5, 0.6) is 17.2 Å². The van der Waals surface area contributed by atoms with Crippen molar-refractivity contribution in [2.24, 2.45) is 0 Å². The Bertz CT molecular complexity index is 979. The first-order valence-corrected chi connectivity index (χ1v) is 11.2. The van der Waals surface area contributed by atoms with E-state index >= 15 is 0 Å². The van der Waals surface area contributed by atoms with Crippen LogP contribution in [0, 0.1) is 0 Å². The SMILES string of the molecule is COc1ccc(CN(Cc2ccc(OC)cc2)C(=O)C(C)Oc2ccccc2C(C)C)cc1. The highest BCUT2D eigenvalue weighted by Gasteiger charge is 2.24. The summed E-state index contributed by atoms with van der Waals surface area (Å²) in [5.41, 5.74) is 3.13. The van der Waals surface area contributed by atoms with Gasteiger partial charge in [0.15, 0.2) is 6.10 Å². The zero-order valence-corrected chi connectivity index (χ0v) is 20.1. The lowest BCUT2D eigenvalue weighted by molar-refractivity contribution is -0.139. The van der Waals surface area contributed by atoms with Crippen LogP contribution in [-0.4, -0.2) is 31.1 Å². The molecule has 0 aliphatic carbocycles. The van der Waals surface area contributed by atoms with E-state index in [-0.39, 0.29) is 5.91 Å². The molecule has 0 aromatic heterocycles. The second kappa shape index (κ2) is 11.4. The maximum atomic E-state index is 13.5. The quantitative estimate of drug-likeness (QED) is 0.393. The molecule has 0 saturated heterocycles. The predicted octanol–water partition coefficient (Wildman–Crippen LogP) is 5.82. The molecular weight excluding hydrogens is 414 g/mol. The smallest absolute Gasteiger partial charge is 0.263 e. The molecule has 0 aliphatic heterocycles. The van der Waals surface area contributed by atoms with Crippen LogP contribution in [0.25, 0.3) is 0 Å². The van der Waals surface area contributed by atoms with E-state index in [9.17, 15) is 4.79 Å². The van der Waals surface area contributed by atoms with E-state index in [1.54, 1.807) is 14.2 Å². The van der Waals surface area contributed by atoms with E-state index in [1.165, 1.54) is 0 Å². The van der Waals surface area contributed by atoms with E-state index in [2.05, 4.69) is 13.8 Å². The molecule has 0 bridgehead atoms. The summed E-state index contributed by atoms with van der Waals surface area (Å²) in [6.45, 7) is 6.99. The van der Waals surface area contributed by atoms with Gasteiger partial charge in [-0.2, -0.15) is 0 Å². The molecule has 5 nitrogen and oxygen atoms in total. The monoisotopic (exact) mass is 447 g/mol. The third-order valence-corrected chi connectivity index (χ3v) is 5.57. The van der Waals surface area contributed by atoms with Crippen LogP contribution in [0.4, 0.5) is 0 Å². The lowest BCUT2D eigenvalue weighted by Gasteiger charge is -2.27. The molecular formula is C28H33NO4. The van der Waals surface area contributed by atoms with E-state index < -0.39 is 6.10 Å². The molecule has 174 valence electrons. The minimum absolute atomic E-state index is 0.0693. The molecule has 33 heavy (non-hydrogen) atoms. The van der Waals surface area contributed by atoms with Crippen molar-refractivity contribution in [1.82, 2.24) is 4.90 Å². The van der Waals surface area contributed by atoms with Crippen molar-refractivity contribution in [2.75, 3.05) is 14.2 Å². The van der Waals surface area contributed by atoms with Gasteiger partial charge in [0.1, 0.15) is 17.2 Å². The van der Waals surface area contributed by atoms with Crippen molar-refractivity contribution in [3.05, 3.63) is 89.5 Å². The average molecular weight is 448 g/mol. The largest absolute Gasteiger partial charge is 0.497 e. The number of nitrogens with zero attached hydrogens (tertiary/aromatic N) is 1. The highest BCUT2D eigenvalue weighted by Crippen LogP contribution is 2.27. The van der Waals surface area contributed by atoms with E-state index in [1.807, 2.05) is 84.6 Å². The van der Waals surface area contributed by atoms with Crippen molar-refractivity contribution in [3.8, 4) is 17.2 Å². The fourth-order valence-corrected chi connectivity index (χ4v) is 3.68. The summed E-state index contributed by atoms with van der Waals surface area (Å²) >= 11 is 0. The van der Waals surface area contributed by atoms with Crippen LogP contribution in [0.15, 0.2) is 72.8 Å². The van der Waals surface area contributed by atoms with Crippen LogP contribution in [0.2, 0.25) is 0 Å². The Morgan fingerprint density at radius 3 is 1.70 bits per heavy atom. The van der Waals surface area contributed by atoms with E-state index in [0.29, 0.717) is 19.0 Å². The number of ether oxygens (including phenoxy) is 3. The fourth-order valence-electron chi connectivity index (χ4n) is 3.68. The van der Waals surface area contributed by atoms with Crippen LogP contribution < -0.4 is 14.2 Å². The van der Waals surface area contributed by atoms with Gasteiger partial charge < -0.3 is 19.1 Å². The van der Waals surface area contributed by atoms with Crippen molar-refractivity contribution >= 4 is 5.91 Å². The van der Waals surface area contributed by atoms with Crippen LogP contribution in [-0.2, 0) is 17.9 Å². The Labute approximate surface area is 196 Å². The number of carbonyl (C=O) groups excluding carboxylic acids is 1. The summed E-state index contributed by atoms with van der Waals surface area (Å²) in [6, 6.07) is 23.4. The van der Waals surface area contributed by atoms with Gasteiger partial charge in [0.05, 0.1) is 14.2 Å². The maximum Gasteiger partial charge on any atom is 0.263 e. The summed E-state index contributed by atoms with van der Waals surface area (Å²) in [4.78, 5) is 15.4. The molecule has 1 amide bonds. The molecule has 0 N–H and O–H groups in total. The minimum atomic E-state index is -0.624. The minimum Gasteiger partial charge on any atom is -0.497 e. The zero-order valence-electron chi connectivity index (χ0n) is 20.1. The maximum absolute atomic E-state index is 13.5. The molecule has 0 heterocycles. The molecule has 0 saturated carbocycles. The molecule has 1 atom stereocenters. The number of rotatable bonds is 10. The van der Waals surface area contributed by atoms with E-state index in [4.69, 9.17) is 14.2 Å². The standard InChI is InChI=1S/C28H33NO4/c1-20(2)26-8-6-7-9-27(26)33-21(3)28(30)29(18-22-10-14-24(31-4)15-11-22)19-23-12-16-25(32-5)17-13-23/h6-17,20-21H,18-19H2,1-5H3. The van der Waals surface area contributed by atoms with Gasteiger partial charge in [-0.25, -0.2) is 0 Å². The highest BCUT2D eigenvalue weighted by molar-refractivity contribution is 5.81. The summed E-state index contributed by atoms with van der Waals surface area (Å²) in [6.07, 6.45) is -0.624. The van der Waals surface area contributed by atoms with Gasteiger partial charge in [-0.3, -0.25) is 4.79 Å². The predicted molar refractivity (Wildman–Crippen MR) is 131 cm³/mol. The lowest BCUT2D eigenvalue weighted by Crippen LogP contribution is -2.39. The molecule has 3 rings (SSSR count). The van der Waals surface area contributed by atoms with Crippen molar-refractivity contribution in [3.63, 3.8) is 0 Å². The Morgan fingerprint density at radius 2 is 1.24 bits per heavy atom. The molecule has 1 unspecified atom stereocenters. The number of benzene rings is 3. The zero-order chi connectivity index (χ0) is 23.8. The van der Waals surface area contributed by atoms with Gasteiger partial charge in [0.25, 0.3) is 5.91 Å². The van der Waals surface area contributed by atoms with Gasteiger partial charge in [0.2, 0.25) is 0 Å². The van der Waals surface area contributed by atoms with Crippen LogP contribution in [0.1, 0.15) is 43.4 Å². The van der Waals surface area contributed by atoms with Crippen LogP contribution in [0.3, 0.4) is 0 Å². The second-order valence-electron chi connectivity index (χ2n) is 8.34. The molecule has 5 heteroatoms. The number of hydrogen-bond donors (Lipinski definition) is 0. The van der Waals surface area contributed by atoms with Crippen molar-refractivity contribution < 1.29 is 19.0 Å². The van der Waals surface area contributed by atoms with Crippen molar-refractivity contribution in [1.29, 1.82) is 0 Å². The van der Waals surface area contributed by atoms with Gasteiger partial charge >= 0.3 is 0 Å². The molecule has 0 fully saturated rings. The molecule has 3 aromatic rings.